The quantitative estimate of drug-likeness (QED) is 0.580. The maximum Gasteiger partial charge on any atom is 0.335 e. The van der Waals surface area contributed by atoms with Gasteiger partial charge in [-0.2, -0.15) is 0 Å². The minimum absolute atomic E-state index is 0.0829. The summed E-state index contributed by atoms with van der Waals surface area (Å²) < 4.78 is 11.2. The third-order valence-electron chi connectivity index (χ3n) is 6.83. The van der Waals surface area contributed by atoms with Gasteiger partial charge in [-0.3, -0.25) is 0 Å². The van der Waals surface area contributed by atoms with Gasteiger partial charge < -0.3 is 29.9 Å². The van der Waals surface area contributed by atoms with Crippen LogP contribution in [0.4, 0.5) is 0 Å². The van der Waals surface area contributed by atoms with Crippen LogP contribution in [0.2, 0.25) is 0 Å². The number of carbonyl (C=O) groups is 1. The first-order valence-corrected chi connectivity index (χ1v) is 8.17. The predicted octanol–water partition coefficient (Wildman–Crippen LogP) is 0.110. The molecule has 3 rings (SSSR count). The molecule has 0 aromatic carbocycles. The zero-order chi connectivity index (χ0) is 17.2. The highest BCUT2D eigenvalue weighted by Gasteiger charge is 2.63. The summed E-state index contributed by atoms with van der Waals surface area (Å²) in [5, 5.41) is 38.8. The molecule has 0 unspecified atom stereocenters. The molecule has 0 aromatic heterocycles. The van der Waals surface area contributed by atoms with Gasteiger partial charge in [0.05, 0.1) is 6.10 Å². The smallest absolute Gasteiger partial charge is 0.335 e. The van der Waals surface area contributed by atoms with Crippen LogP contribution in [0.25, 0.3) is 0 Å². The van der Waals surface area contributed by atoms with E-state index < -0.39 is 36.7 Å². The van der Waals surface area contributed by atoms with Crippen molar-refractivity contribution in [2.75, 3.05) is 0 Å². The molecule has 2 saturated carbocycles. The van der Waals surface area contributed by atoms with Gasteiger partial charge in [0.1, 0.15) is 18.3 Å². The summed E-state index contributed by atoms with van der Waals surface area (Å²) in [6, 6.07) is 0. The number of aliphatic carboxylic acids is 1. The van der Waals surface area contributed by atoms with Crippen molar-refractivity contribution in [3.63, 3.8) is 0 Å². The Morgan fingerprint density at radius 3 is 2.26 bits per heavy atom. The number of ether oxygens (including phenoxy) is 2. The number of carboxylic acid groups (broad SMARTS) is 1. The average molecular weight is 330 g/mol. The van der Waals surface area contributed by atoms with Crippen LogP contribution in [0.1, 0.15) is 40.0 Å². The fourth-order valence-electron chi connectivity index (χ4n) is 4.66. The lowest BCUT2D eigenvalue weighted by atomic mass is 9.70. The number of aliphatic hydroxyl groups is 3. The van der Waals surface area contributed by atoms with Gasteiger partial charge in [0.25, 0.3) is 0 Å². The Labute approximate surface area is 135 Å². The van der Waals surface area contributed by atoms with Crippen LogP contribution in [0.5, 0.6) is 0 Å². The maximum absolute atomic E-state index is 11.2. The zero-order valence-electron chi connectivity index (χ0n) is 13.7. The Hall–Kier alpha value is -0.730. The summed E-state index contributed by atoms with van der Waals surface area (Å²) in [5.41, 5.74) is 0.0160. The first kappa shape index (κ1) is 17.1. The van der Waals surface area contributed by atoms with Crippen molar-refractivity contribution in [2.24, 2.45) is 16.7 Å². The van der Waals surface area contributed by atoms with E-state index in [1.807, 2.05) is 0 Å². The van der Waals surface area contributed by atoms with Crippen LogP contribution in [0.3, 0.4) is 0 Å². The van der Waals surface area contributed by atoms with Gasteiger partial charge in [0.2, 0.25) is 0 Å². The number of aliphatic hydroxyl groups excluding tert-OH is 3. The molecule has 0 aromatic rings. The third-order valence-corrected chi connectivity index (χ3v) is 6.83. The van der Waals surface area contributed by atoms with Crippen molar-refractivity contribution >= 4 is 5.97 Å². The van der Waals surface area contributed by atoms with Crippen molar-refractivity contribution in [3.05, 3.63) is 0 Å². The molecule has 1 aliphatic heterocycles. The summed E-state index contributed by atoms with van der Waals surface area (Å²) in [6.45, 7) is 6.58. The minimum atomic E-state index is -1.69. The van der Waals surface area contributed by atoms with E-state index >= 15 is 0 Å². The Kier molecular flexibility index (Phi) is 4.01. The van der Waals surface area contributed by atoms with Crippen molar-refractivity contribution in [1.82, 2.24) is 0 Å². The molecule has 3 aliphatic rings. The summed E-state index contributed by atoms with van der Waals surface area (Å²) in [6.07, 6.45) is -4.86. The summed E-state index contributed by atoms with van der Waals surface area (Å²) in [7, 11) is 0. The van der Waals surface area contributed by atoms with Crippen molar-refractivity contribution in [3.8, 4) is 0 Å². The number of hydrogen-bond donors (Lipinski definition) is 4. The average Bonchev–Trinajstić information content (AvgIpc) is 2.80. The number of hydrogen-bond acceptors (Lipinski definition) is 6. The molecule has 0 radical (unpaired) electrons. The van der Waals surface area contributed by atoms with E-state index in [1.165, 1.54) is 0 Å². The van der Waals surface area contributed by atoms with E-state index in [9.17, 15) is 20.1 Å². The molecule has 132 valence electrons. The van der Waals surface area contributed by atoms with E-state index in [2.05, 4.69) is 20.8 Å². The van der Waals surface area contributed by atoms with Crippen LogP contribution >= 0.6 is 0 Å². The fourth-order valence-corrected chi connectivity index (χ4v) is 4.66. The first-order chi connectivity index (χ1) is 10.6. The molecule has 7 nitrogen and oxygen atoms in total. The molecule has 0 spiro atoms. The molecule has 23 heavy (non-hydrogen) atoms. The molecule has 3 fully saturated rings. The maximum atomic E-state index is 11.2. The number of rotatable bonds is 3. The van der Waals surface area contributed by atoms with Gasteiger partial charge in [-0.25, -0.2) is 4.79 Å². The van der Waals surface area contributed by atoms with E-state index in [0.717, 1.165) is 19.3 Å². The molecule has 2 bridgehead atoms. The standard InChI is InChI=1S/C16H26O7/c1-15(2)7-4-5-16(15,3)8(6-7)22-14-11(19)9(17)10(18)12(23-14)13(20)21/h7-12,14,17-19H,4-6H2,1-3H3,(H,20,21)/t7-,8+,9+,10-,11+,12+,14+,16-/m0/s1. The van der Waals surface area contributed by atoms with Crippen molar-refractivity contribution in [1.29, 1.82) is 0 Å². The van der Waals surface area contributed by atoms with E-state index in [1.54, 1.807) is 0 Å². The summed E-state index contributed by atoms with van der Waals surface area (Å²) in [5.74, 6) is -0.874. The van der Waals surface area contributed by atoms with Crippen molar-refractivity contribution in [2.45, 2.75) is 76.8 Å². The highest BCUT2D eigenvalue weighted by Crippen LogP contribution is 2.66. The molecule has 8 atom stereocenters. The molecule has 2 aliphatic carbocycles. The van der Waals surface area contributed by atoms with Crippen LogP contribution in [0.15, 0.2) is 0 Å². The van der Waals surface area contributed by atoms with Gasteiger partial charge in [0.15, 0.2) is 12.4 Å². The lowest BCUT2D eigenvalue weighted by Crippen LogP contribution is -2.61. The molecular formula is C16H26O7. The lowest BCUT2D eigenvalue weighted by molar-refractivity contribution is -0.312. The van der Waals surface area contributed by atoms with E-state index in [0.29, 0.717) is 5.92 Å². The SMILES string of the molecule is CC1(C)[C@H]2CC[C@@]1(C)[C@H](O[C@@H]1O[C@@H](C(=O)O)[C@@H](O)[C@@H](O)[C@H]1O)C2. The minimum Gasteiger partial charge on any atom is -0.479 e. The highest BCUT2D eigenvalue weighted by atomic mass is 16.7. The molecule has 4 N–H and O–H groups in total. The molecule has 7 heteroatoms. The second-order valence-corrected chi connectivity index (χ2v) is 7.97. The first-order valence-electron chi connectivity index (χ1n) is 8.17. The van der Waals surface area contributed by atoms with Gasteiger partial charge >= 0.3 is 5.97 Å². The van der Waals surface area contributed by atoms with Gasteiger partial charge in [-0.15, -0.1) is 0 Å². The van der Waals surface area contributed by atoms with Crippen LogP contribution < -0.4 is 0 Å². The van der Waals surface area contributed by atoms with E-state index in [-0.39, 0.29) is 16.9 Å². The molecule has 1 heterocycles. The second kappa shape index (κ2) is 5.39. The monoisotopic (exact) mass is 330 g/mol. The third kappa shape index (κ3) is 2.33. The highest BCUT2D eigenvalue weighted by molar-refractivity contribution is 5.73. The van der Waals surface area contributed by atoms with Crippen LogP contribution in [-0.2, 0) is 14.3 Å². The normalized spacial score (nSPS) is 51.8. The van der Waals surface area contributed by atoms with E-state index in [4.69, 9.17) is 14.6 Å². The zero-order valence-corrected chi connectivity index (χ0v) is 13.7. The lowest BCUT2D eigenvalue weighted by Gasteiger charge is -2.44. The molecular weight excluding hydrogens is 304 g/mol. The van der Waals surface area contributed by atoms with Crippen LogP contribution in [-0.4, -0.2) is 63.2 Å². The largest absolute Gasteiger partial charge is 0.479 e. The topological polar surface area (TPSA) is 116 Å². The van der Waals surface area contributed by atoms with Crippen molar-refractivity contribution < 1.29 is 34.7 Å². The number of fused-ring (bicyclic) bond motifs is 2. The Balaban J connectivity index is 1.76. The fraction of sp³-hybridized carbons (Fsp3) is 0.938. The second-order valence-electron chi connectivity index (χ2n) is 7.97. The van der Waals surface area contributed by atoms with Gasteiger partial charge in [0, 0.05) is 0 Å². The molecule has 1 saturated heterocycles. The molecule has 0 amide bonds. The van der Waals surface area contributed by atoms with Gasteiger partial charge in [-0.05, 0) is 36.0 Å². The van der Waals surface area contributed by atoms with Crippen LogP contribution in [0, 0.1) is 16.7 Å². The Bertz CT molecular complexity index is 493. The number of carboxylic acids is 1. The summed E-state index contributed by atoms with van der Waals surface area (Å²) >= 11 is 0. The Morgan fingerprint density at radius 2 is 1.78 bits per heavy atom. The Morgan fingerprint density at radius 1 is 1.13 bits per heavy atom. The predicted molar refractivity (Wildman–Crippen MR) is 78.4 cm³/mol. The van der Waals surface area contributed by atoms with Gasteiger partial charge in [-0.1, -0.05) is 20.8 Å². The summed E-state index contributed by atoms with van der Waals surface area (Å²) in [4.78, 5) is 11.2.